The maximum atomic E-state index is 10.6. The number of aliphatic hydroxyl groups is 1. The Morgan fingerprint density at radius 1 is 1.24 bits per heavy atom. The molecule has 7 nitrogen and oxygen atoms in total. The lowest BCUT2D eigenvalue weighted by Crippen LogP contribution is -2.37. The minimum Gasteiger partial charge on any atom is -0.424 e. The van der Waals surface area contributed by atoms with E-state index in [1.807, 2.05) is 17.8 Å². The summed E-state index contributed by atoms with van der Waals surface area (Å²) >= 11 is 0. The molecule has 7 heteroatoms. The van der Waals surface area contributed by atoms with E-state index in [2.05, 4.69) is 40.9 Å². The Bertz CT molecular complexity index is 673. The van der Waals surface area contributed by atoms with Crippen LogP contribution < -0.4 is 0 Å². The molecular formula is C18H29N5O2. The number of nitrogens with zero attached hydrogens (tertiary/aromatic N) is 5. The lowest BCUT2D eigenvalue weighted by atomic mass is 9.90. The summed E-state index contributed by atoms with van der Waals surface area (Å²) in [7, 11) is 1.92. The largest absolute Gasteiger partial charge is 0.424 e. The molecule has 1 fully saturated rings. The molecule has 3 heterocycles. The molecule has 0 saturated carbocycles. The Labute approximate surface area is 149 Å². The van der Waals surface area contributed by atoms with Crippen LogP contribution in [0.1, 0.15) is 63.4 Å². The first kappa shape index (κ1) is 18.1. The van der Waals surface area contributed by atoms with Gasteiger partial charge in [-0.1, -0.05) is 13.8 Å². The monoisotopic (exact) mass is 347 g/mol. The van der Waals surface area contributed by atoms with Gasteiger partial charge in [0.1, 0.15) is 11.9 Å². The van der Waals surface area contributed by atoms with Crippen LogP contribution in [0.5, 0.6) is 0 Å². The number of piperidine rings is 1. The summed E-state index contributed by atoms with van der Waals surface area (Å²) in [6.07, 6.45) is 5.80. The van der Waals surface area contributed by atoms with Crippen molar-refractivity contribution in [2.45, 2.75) is 52.2 Å². The Balaban J connectivity index is 1.56. The van der Waals surface area contributed by atoms with Crippen LogP contribution >= 0.6 is 0 Å². The summed E-state index contributed by atoms with van der Waals surface area (Å²) in [4.78, 5) is 6.64. The van der Waals surface area contributed by atoms with E-state index < -0.39 is 6.10 Å². The van der Waals surface area contributed by atoms with Crippen LogP contribution in [-0.4, -0.2) is 42.8 Å². The van der Waals surface area contributed by atoms with Gasteiger partial charge in [-0.25, -0.2) is 4.98 Å². The fraction of sp³-hybridized carbons (Fsp3) is 0.722. The van der Waals surface area contributed by atoms with Gasteiger partial charge in [0.2, 0.25) is 11.8 Å². The van der Waals surface area contributed by atoms with Crippen molar-refractivity contribution in [3.8, 4) is 0 Å². The predicted octanol–water partition coefficient (Wildman–Crippen LogP) is 2.51. The summed E-state index contributed by atoms with van der Waals surface area (Å²) < 4.78 is 7.73. The van der Waals surface area contributed by atoms with Crippen LogP contribution in [-0.2, 0) is 13.5 Å². The quantitative estimate of drug-likeness (QED) is 0.865. The van der Waals surface area contributed by atoms with E-state index in [-0.39, 0.29) is 12.0 Å². The molecule has 138 valence electrons. The van der Waals surface area contributed by atoms with Gasteiger partial charge in [0.25, 0.3) is 0 Å². The van der Waals surface area contributed by atoms with E-state index in [4.69, 9.17) is 4.42 Å². The lowest BCUT2D eigenvalue weighted by molar-refractivity contribution is 0.0367. The maximum absolute atomic E-state index is 10.6. The van der Waals surface area contributed by atoms with Gasteiger partial charge in [0.15, 0.2) is 0 Å². The standard InChI is InChI=1S/C18H29N5O2/c1-12(2)11-15-20-21-18(25-15)13(3)23-8-5-14(6-9-23)16(24)17-19-7-10-22(17)4/h7,10,12-14,16,24H,5-6,8-9,11H2,1-4H3. The zero-order chi connectivity index (χ0) is 18.0. The molecule has 1 saturated heterocycles. The molecule has 2 unspecified atom stereocenters. The van der Waals surface area contributed by atoms with E-state index in [9.17, 15) is 5.11 Å². The average Bonchev–Trinajstić information content (AvgIpc) is 3.22. The molecule has 2 atom stereocenters. The Kier molecular flexibility index (Phi) is 5.54. The fourth-order valence-electron chi connectivity index (χ4n) is 3.52. The first-order chi connectivity index (χ1) is 12.0. The molecule has 2 aromatic rings. The normalized spacial score (nSPS) is 19.4. The smallest absolute Gasteiger partial charge is 0.233 e. The van der Waals surface area contributed by atoms with Gasteiger partial charge in [0.05, 0.1) is 6.04 Å². The van der Waals surface area contributed by atoms with Gasteiger partial charge in [-0.15, -0.1) is 10.2 Å². The van der Waals surface area contributed by atoms with Crippen molar-refractivity contribution in [1.29, 1.82) is 0 Å². The molecule has 0 radical (unpaired) electrons. The van der Waals surface area contributed by atoms with Crippen LogP contribution in [0.25, 0.3) is 0 Å². The SMILES string of the molecule is CC(C)Cc1nnc(C(C)N2CCC(C(O)c3nccn3C)CC2)o1. The van der Waals surface area contributed by atoms with Gasteiger partial charge in [-0.2, -0.15) is 0 Å². The summed E-state index contributed by atoms with van der Waals surface area (Å²) in [6.45, 7) is 8.22. The van der Waals surface area contributed by atoms with E-state index >= 15 is 0 Å². The van der Waals surface area contributed by atoms with Gasteiger partial charge < -0.3 is 14.1 Å². The molecule has 0 aromatic carbocycles. The number of rotatable bonds is 6. The Morgan fingerprint density at radius 2 is 1.96 bits per heavy atom. The van der Waals surface area contributed by atoms with E-state index in [0.29, 0.717) is 11.8 Å². The van der Waals surface area contributed by atoms with E-state index in [0.717, 1.165) is 44.1 Å². The second kappa shape index (κ2) is 7.66. The maximum Gasteiger partial charge on any atom is 0.233 e. The number of likely N-dealkylation sites (tertiary alicyclic amines) is 1. The second-order valence-corrected chi connectivity index (χ2v) is 7.52. The molecule has 0 spiro atoms. The molecule has 0 bridgehead atoms. The third kappa shape index (κ3) is 4.10. The first-order valence-corrected chi connectivity index (χ1v) is 9.17. The van der Waals surface area contributed by atoms with Gasteiger partial charge in [-0.3, -0.25) is 4.90 Å². The van der Waals surface area contributed by atoms with Crippen molar-refractivity contribution in [1.82, 2.24) is 24.6 Å². The summed E-state index contributed by atoms with van der Waals surface area (Å²) in [5, 5.41) is 19.0. The minimum absolute atomic E-state index is 0.111. The molecule has 0 amide bonds. The van der Waals surface area contributed by atoms with Crippen molar-refractivity contribution in [2.24, 2.45) is 18.9 Å². The Morgan fingerprint density at radius 3 is 2.56 bits per heavy atom. The molecule has 3 rings (SSSR count). The number of hydrogen-bond donors (Lipinski definition) is 1. The molecule has 25 heavy (non-hydrogen) atoms. The number of aromatic nitrogens is 4. The zero-order valence-corrected chi connectivity index (χ0v) is 15.6. The topological polar surface area (TPSA) is 80.2 Å². The number of hydrogen-bond acceptors (Lipinski definition) is 6. The Hall–Kier alpha value is -1.73. The van der Waals surface area contributed by atoms with Gasteiger partial charge >= 0.3 is 0 Å². The highest BCUT2D eigenvalue weighted by molar-refractivity contribution is 4.99. The van der Waals surface area contributed by atoms with Crippen molar-refractivity contribution >= 4 is 0 Å². The summed E-state index contributed by atoms with van der Waals surface area (Å²) in [5.41, 5.74) is 0. The molecule has 1 N–H and O–H groups in total. The summed E-state index contributed by atoms with van der Waals surface area (Å²) in [5.74, 6) is 2.91. The number of aryl methyl sites for hydroxylation is 1. The van der Waals surface area contributed by atoms with Crippen molar-refractivity contribution in [2.75, 3.05) is 13.1 Å². The first-order valence-electron chi connectivity index (χ1n) is 9.17. The predicted molar refractivity (Wildman–Crippen MR) is 93.7 cm³/mol. The number of aliphatic hydroxyl groups excluding tert-OH is 1. The van der Waals surface area contributed by atoms with Crippen LogP contribution in [0.3, 0.4) is 0 Å². The van der Waals surface area contributed by atoms with Gasteiger partial charge in [-0.05, 0) is 44.7 Å². The zero-order valence-electron chi connectivity index (χ0n) is 15.6. The molecule has 2 aromatic heterocycles. The third-order valence-corrected chi connectivity index (χ3v) is 5.11. The number of imidazole rings is 1. The minimum atomic E-state index is -0.501. The lowest BCUT2D eigenvalue weighted by Gasteiger charge is -2.36. The average molecular weight is 347 g/mol. The van der Waals surface area contributed by atoms with Crippen LogP contribution in [0.4, 0.5) is 0 Å². The van der Waals surface area contributed by atoms with Crippen molar-refractivity contribution in [3.63, 3.8) is 0 Å². The second-order valence-electron chi connectivity index (χ2n) is 7.52. The highest BCUT2D eigenvalue weighted by Crippen LogP contribution is 2.32. The van der Waals surface area contributed by atoms with Crippen LogP contribution in [0, 0.1) is 11.8 Å². The summed E-state index contributed by atoms with van der Waals surface area (Å²) in [6, 6.07) is 0.111. The molecule has 1 aliphatic rings. The molecule has 0 aliphatic carbocycles. The van der Waals surface area contributed by atoms with Crippen molar-refractivity contribution in [3.05, 3.63) is 30.0 Å². The van der Waals surface area contributed by atoms with Crippen LogP contribution in [0.2, 0.25) is 0 Å². The van der Waals surface area contributed by atoms with Crippen molar-refractivity contribution < 1.29 is 9.52 Å². The van der Waals surface area contributed by atoms with Crippen LogP contribution in [0.15, 0.2) is 16.8 Å². The van der Waals surface area contributed by atoms with E-state index in [1.54, 1.807) is 6.20 Å². The van der Waals surface area contributed by atoms with Gasteiger partial charge in [0, 0.05) is 25.9 Å². The van der Waals surface area contributed by atoms with E-state index in [1.165, 1.54) is 0 Å². The highest BCUT2D eigenvalue weighted by atomic mass is 16.4. The molecular weight excluding hydrogens is 318 g/mol. The fourth-order valence-corrected chi connectivity index (χ4v) is 3.52. The third-order valence-electron chi connectivity index (χ3n) is 5.11. The highest BCUT2D eigenvalue weighted by Gasteiger charge is 2.31. The molecule has 1 aliphatic heterocycles.